The second-order valence-electron chi connectivity index (χ2n) is 5.23. The minimum Gasteiger partial charge on any atom is -0.493 e. The zero-order chi connectivity index (χ0) is 15.1. The molecule has 0 aliphatic heterocycles. The Labute approximate surface area is 120 Å². The molecule has 6 nitrogen and oxygen atoms in total. The summed E-state index contributed by atoms with van der Waals surface area (Å²) in [6, 6.07) is 0. The van der Waals surface area contributed by atoms with E-state index in [4.69, 9.17) is 10.5 Å². The SMILES string of the molecule is CCC(CN)CC(=O)c1c(OC)cnn1CCN(C)C. The van der Waals surface area contributed by atoms with Gasteiger partial charge in [0.2, 0.25) is 0 Å². The van der Waals surface area contributed by atoms with Gasteiger partial charge in [-0.2, -0.15) is 5.10 Å². The van der Waals surface area contributed by atoms with Crippen LogP contribution in [0.4, 0.5) is 0 Å². The highest BCUT2D eigenvalue weighted by molar-refractivity contribution is 5.97. The molecule has 6 heteroatoms. The van der Waals surface area contributed by atoms with E-state index >= 15 is 0 Å². The van der Waals surface area contributed by atoms with Crippen molar-refractivity contribution in [3.05, 3.63) is 11.9 Å². The number of nitrogens with two attached hydrogens (primary N) is 1. The number of hydrogen-bond acceptors (Lipinski definition) is 5. The molecule has 0 spiro atoms. The fourth-order valence-corrected chi connectivity index (χ4v) is 2.02. The van der Waals surface area contributed by atoms with Crippen LogP contribution < -0.4 is 10.5 Å². The van der Waals surface area contributed by atoms with Crippen LogP contribution in [0.2, 0.25) is 0 Å². The minimum absolute atomic E-state index is 0.0513. The maximum absolute atomic E-state index is 12.5. The van der Waals surface area contributed by atoms with Crippen LogP contribution in [0.3, 0.4) is 0 Å². The van der Waals surface area contributed by atoms with E-state index in [1.54, 1.807) is 18.0 Å². The van der Waals surface area contributed by atoms with Crippen LogP contribution in [0.5, 0.6) is 5.75 Å². The molecule has 2 N–H and O–H groups in total. The first kappa shape index (κ1) is 16.7. The molecule has 0 amide bonds. The first-order valence-electron chi connectivity index (χ1n) is 7.01. The number of nitrogens with zero attached hydrogens (tertiary/aromatic N) is 3. The maximum Gasteiger partial charge on any atom is 0.184 e. The van der Waals surface area contributed by atoms with E-state index in [-0.39, 0.29) is 11.7 Å². The van der Waals surface area contributed by atoms with E-state index in [0.717, 1.165) is 13.0 Å². The summed E-state index contributed by atoms with van der Waals surface area (Å²) >= 11 is 0. The van der Waals surface area contributed by atoms with Crippen LogP contribution in [0.15, 0.2) is 6.20 Å². The third-order valence-corrected chi connectivity index (χ3v) is 3.43. The lowest BCUT2D eigenvalue weighted by Crippen LogP contribution is -2.23. The molecule has 0 radical (unpaired) electrons. The fourth-order valence-electron chi connectivity index (χ4n) is 2.02. The lowest BCUT2D eigenvalue weighted by Gasteiger charge is -2.14. The molecule has 0 aliphatic rings. The van der Waals surface area contributed by atoms with Crippen LogP contribution >= 0.6 is 0 Å². The monoisotopic (exact) mass is 282 g/mol. The Hall–Kier alpha value is -1.40. The van der Waals surface area contributed by atoms with Crippen molar-refractivity contribution in [3.8, 4) is 5.75 Å². The van der Waals surface area contributed by atoms with Crippen molar-refractivity contribution in [1.29, 1.82) is 0 Å². The molecular weight excluding hydrogens is 256 g/mol. The Morgan fingerprint density at radius 2 is 2.25 bits per heavy atom. The standard InChI is InChI=1S/C14H26N4O2/c1-5-11(9-15)8-12(19)14-13(20-4)10-16-18(14)7-6-17(2)3/h10-11H,5-9,15H2,1-4H3. The van der Waals surface area contributed by atoms with Gasteiger partial charge in [-0.1, -0.05) is 13.3 Å². The topological polar surface area (TPSA) is 73.4 Å². The van der Waals surface area contributed by atoms with E-state index in [1.807, 2.05) is 21.0 Å². The Morgan fingerprint density at radius 1 is 1.55 bits per heavy atom. The van der Waals surface area contributed by atoms with Crippen molar-refractivity contribution >= 4 is 5.78 Å². The van der Waals surface area contributed by atoms with Crippen molar-refractivity contribution in [2.24, 2.45) is 11.7 Å². The Kier molecular flexibility index (Phi) is 6.67. The predicted molar refractivity (Wildman–Crippen MR) is 79.1 cm³/mol. The Morgan fingerprint density at radius 3 is 2.75 bits per heavy atom. The van der Waals surface area contributed by atoms with Gasteiger partial charge >= 0.3 is 0 Å². The summed E-state index contributed by atoms with van der Waals surface area (Å²) in [5.41, 5.74) is 6.24. The average molecular weight is 282 g/mol. The zero-order valence-corrected chi connectivity index (χ0v) is 12.9. The third kappa shape index (κ3) is 4.31. The molecule has 0 saturated carbocycles. The van der Waals surface area contributed by atoms with Gasteiger partial charge < -0.3 is 15.4 Å². The molecule has 1 heterocycles. The first-order chi connectivity index (χ1) is 9.53. The molecule has 0 aromatic carbocycles. The van der Waals surface area contributed by atoms with Crippen LogP contribution in [0, 0.1) is 5.92 Å². The summed E-state index contributed by atoms with van der Waals surface area (Å²) in [6.45, 7) is 4.05. The second-order valence-corrected chi connectivity index (χ2v) is 5.23. The molecule has 0 saturated heterocycles. The lowest BCUT2D eigenvalue weighted by molar-refractivity contribution is 0.0946. The van der Waals surface area contributed by atoms with E-state index in [9.17, 15) is 4.79 Å². The summed E-state index contributed by atoms with van der Waals surface area (Å²) in [5, 5.41) is 4.25. The highest BCUT2D eigenvalue weighted by Gasteiger charge is 2.21. The maximum atomic E-state index is 12.5. The van der Waals surface area contributed by atoms with Gasteiger partial charge in [0.25, 0.3) is 0 Å². The van der Waals surface area contributed by atoms with Gasteiger partial charge in [-0.3, -0.25) is 9.48 Å². The number of rotatable bonds is 9. The van der Waals surface area contributed by atoms with Crippen molar-refractivity contribution in [2.45, 2.75) is 26.3 Å². The molecule has 1 aromatic heterocycles. The van der Waals surface area contributed by atoms with Crippen LogP contribution in [0.1, 0.15) is 30.3 Å². The number of carbonyl (C=O) groups excluding carboxylic acids is 1. The van der Waals surface area contributed by atoms with Crippen LogP contribution in [0.25, 0.3) is 0 Å². The summed E-state index contributed by atoms with van der Waals surface area (Å²) in [4.78, 5) is 14.5. The van der Waals surface area contributed by atoms with Crippen LogP contribution in [-0.2, 0) is 6.54 Å². The number of ether oxygens (including phenoxy) is 1. The molecule has 0 aliphatic carbocycles. The summed E-state index contributed by atoms with van der Waals surface area (Å²) in [6.07, 6.45) is 2.94. The van der Waals surface area contributed by atoms with E-state index in [0.29, 0.717) is 31.0 Å². The molecule has 1 atom stereocenters. The summed E-state index contributed by atoms with van der Waals surface area (Å²) < 4.78 is 6.98. The zero-order valence-electron chi connectivity index (χ0n) is 12.9. The fraction of sp³-hybridized carbons (Fsp3) is 0.714. The predicted octanol–water partition coefficient (Wildman–Crippen LogP) is 1.01. The molecule has 0 fully saturated rings. The van der Waals surface area contributed by atoms with Crippen molar-refractivity contribution < 1.29 is 9.53 Å². The number of Topliss-reactive ketones (excluding diaryl/α,β-unsaturated/α-hetero) is 1. The first-order valence-corrected chi connectivity index (χ1v) is 7.01. The van der Waals surface area contributed by atoms with Crippen molar-refractivity contribution in [3.63, 3.8) is 0 Å². The average Bonchev–Trinajstić information content (AvgIpc) is 2.85. The number of likely N-dealkylation sites (N-methyl/N-ethyl adjacent to an activating group) is 1. The van der Waals surface area contributed by atoms with Crippen molar-refractivity contribution in [1.82, 2.24) is 14.7 Å². The highest BCUT2D eigenvalue weighted by atomic mass is 16.5. The molecule has 20 heavy (non-hydrogen) atoms. The molecular formula is C14H26N4O2. The molecule has 1 unspecified atom stereocenters. The number of ketones is 1. The number of hydrogen-bond donors (Lipinski definition) is 1. The molecule has 1 rings (SSSR count). The van der Waals surface area contributed by atoms with Crippen molar-refractivity contribution in [2.75, 3.05) is 34.3 Å². The number of aromatic nitrogens is 2. The van der Waals surface area contributed by atoms with Crippen LogP contribution in [-0.4, -0.2) is 54.8 Å². The lowest BCUT2D eigenvalue weighted by atomic mass is 9.98. The second kappa shape index (κ2) is 8.01. The van der Waals surface area contributed by atoms with Gasteiger partial charge in [-0.25, -0.2) is 0 Å². The smallest absolute Gasteiger partial charge is 0.184 e. The van der Waals surface area contributed by atoms with E-state index < -0.39 is 0 Å². The normalized spacial score (nSPS) is 12.7. The highest BCUT2D eigenvalue weighted by Crippen LogP contribution is 2.21. The van der Waals surface area contributed by atoms with E-state index in [2.05, 4.69) is 10.00 Å². The van der Waals surface area contributed by atoms with E-state index in [1.165, 1.54) is 0 Å². The Balaban J connectivity index is 2.89. The third-order valence-electron chi connectivity index (χ3n) is 3.43. The number of methoxy groups -OCH3 is 1. The van der Waals surface area contributed by atoms with Gasteiger partial charge in [0.05, 0.1) is 19.9 Å². The molecule has 0 bridgehead atoms. The quantitative estimate of drug-likeness (QED) is 0.684. The minimum atomic E-state index is 0.0513. The van der Waals surface area contributed by atoms with Gasteiger partial charge in [0.15, 0.2) is 11.5 Å². The van der Waals surface area contributed by atoms with Gasteiger partial charge in [0, 0.05) is 13.0 Å². The Bertz CT molecular complexity index is 425. The van der Waals surface area contributed by atoms with Gasteiger partial charge in [-0.15, -0.1) is 0 Å². The summed E-state index contributed by atoms with van der Waals surface area (Å²) in [5.74, 6) is 0.806. The summed E-state index contributed by atoms with van der Waals surface area (Å²) in [7, 11) is 5.54. The molecule has 1 aromatic rings. The molecule has 114 valence electrons. The van der Waals surface area contributed by atoms with Gasteiger partial charge in [-0.05, 0) is 26.6 Å². The number of carbonyl (C=O) groups is 1. The largest absolute Gasteiger partial charge is 0.493 e. The van der Waals surface area contributed by atoms with Gasteiger partial charge in [0.1, 0.15) is 5.69 Å².